The van der Waals surface area contributed by atoms with Gasteiger partial charge in [-0.3, -0.25) is 0 Å². The maximum absolute atomic E-state index is 12.0. The van der Waals surface area contributed by atoms with Crippen LogP contribution in [0.25, 0.3) is 10.8 Å². The van der Waals surface area contributed by atoms with Gasteiger partial charge in [0.2, 0.25) is 0 Å². The molecular formula is C15H16O6S. The minimum atomic E-state index is -4.47. The monoisotopic (exact) mass is 324 g/mol. The molecule has 0 fully saturated rings. The zero-order valence-corrected chi connectivity index (χ0v) is 13.0. The first kappa shape index (κ1) is 15.1. The molecule has 0 radical (unpaired) electrons. The first-order valence-corrected chi connectivity index (χ1v) is 8.21. The fraction of sp³-hybridized carbons (Fsp3) is 0.333. The van der Waals surface area contributed by atoms with Crippen LogP contribution in [0.2, 0.25) is 0 Å². The van der Waals surface area contributed by atoms with Crippen molar-refractivity contribution in [1.29, 1.82) is 0 Å². The zero-order valence-electron chi connectivity index (χ0n) is 12.2. The molecule has 0 bridgehead atoms. The van der Waals surface area contributed by atoms with Crippen LogP contribution >= 0.6 is 0 Å². The number of hydrogen-bond acceptors (Lipinski definition) is 6. The molecular weight excluding hydrogens is 308 g/mol. The van der Waals surface area contributed by atoms with Gasteiger partial charge < -0.3 is 9.84 Å². The van der Waals surface area contributed by atoms with Crippen molar-refractivity contribution in [3.05, 3.63) is 29.8 Å². The maximum Gasteiger partial charge on any atom is 0.327 e. The molecule has 3 rings (SSSR count). The molecule has 0 unspecified atom stereocenters. The van der Waals surface area contributed by atoms with Crippen molar-refractivity contribution in [3.8, 4) is 11.5 Å². The normalized spacial score (nSPS) is 17.0. The maximum atomic E-state index is 12.0. The highest BCUT2D eigenvalue weighted by Crippen LogP contribution is 2.47. The number of phenolic OH excluding ortho intramolecular Hbond substituents is 1. The zero-order chi connectivity index (χ0) is 16.1. The number of ether oxygens (including phenoxy) is 1. The van der Waals surface area contributed by atoms with Crippen LogP contribution in [-0.4, -0.2) is 24.4 Å². The lowest BCUT2D eigenvalue weighted by molar-refractivity contribution is -0.130. The smallest absolute Gasteiger partial charge is 0.327 e. The van der Waals surface area contributed by atoms with Gasteiger partial charge in [0.15, 0.2) is 0 Å². The van der Waals surface area contributed by atoms with Crippen molar-refractivity contribution in [1.82, 2.24) is 0 Å². The molecule has 118 valence electrons. The molecule has 1 aliphatic heterocycles. The fourth-order valence-electron chi connectivity index (χ4n) is 2.81. The predicted octanol–water partition coefficient (Wildman–Crippen LogP) is 2.83. The quantitative estimate of drug-likeness (QED) is 0.652. The summed E-state index contributed by atoms with van der Waals surface area (Å²) in [5, 5.41) is 19.9. The number of aromatic hydroxyl groups is 1. The number of fused-ring (bicyclic) bond motifs is 3. The van der Waals surface area contributed by atoms with Crippen molar-refractivity contribution >= 4 is 20.9 Å². The first-order valence-electron chi connectivity index (χ1n) is 6.80. The number of benzene rings is 2. The van der Waals surface area contributed by atoms with E-state index in [9.17, 15) is 13.5 Å². The number of hydrogen-bond donors (Lipinski definition) is 2. The summed E-state index contributed by atoms with van der Waals surface area (Å²) in [6, 6.07) is 6.64. The predicted molar refractivity (Wildman–Crippen MR) is 79.5 cm³/mol. The molecule has 0 saturated carbocycles. The highest BCUT2D eigenvalue weighted by molar-refractivity contribution is 7.87. The lowest BCUT2D eigenvalue weighted by atomic mass is 9.91. The van der Waals surface area contributed by atoms with E-state index in [1.165, 1.54) is 6.07 Å². The van der Waals surface area contributed by atoms with E-state index in [1.54, 1.807) is 18.2 Å². The third-order valence-corrected chi connectivity index (χ3v) is 5.00. The molecule has 1 aliphatic rings. The number of rotatable bonds is 2. The first-order chi connectivity index (χ1) is 10.3. The Morgan fingerprint density at radius 1 is 1.23 bits per heavy atom. The van der Waals surface area contributed by atoms with Crippen LogP contribution in [0.3, 0.4) is 0 Å². The van der Waals surface area contributed by atoms with Crippen LogP contribution in [0.1, 0.15) is 25.8 Å². The fourth-order valence-corrected chi connectivity index (χ4v) is 3.69. The van der Waals surface area contributed by atoms with E-state index in [0.29, 0.717) is 29.5 Å². The molecule has 0 saturated heterocycles. The van der Waals surface area contributed by atoms with E-state index in [1.807, 2.05) is 13.8 Å². The highest BCUT2D eigenvalue weighted by Gasteiger charge is 2.34. The van der Waals surface area contributed by atoms with Gasteiger partial charge in [-0.25, -0.2) is 5.26 Å². The standard InChI is InChI=1S/C15H16O6S/c1-15(2)8-7-11-12(16)14(22(18,19)21-17)10-6-4-3-5-9(10)13(11)20-15/h3-6,16-17H,7-8H2,1-2H3. The number of phenols is 1. The van der Waals surface area contributed by atoms with Gasteiger partial charge in [-0.1, -0.05) is 24.3 Å². The average Bonchev–Trinajstić information content (AvgIpc) is 2.46. The second-order valence-corrected chi connectivity index (χ2v) is 7.39. The van der Waals surface area contributed by atoms with Gasteiger partial charge in [0, 0.05) is 16.3 Å². The van der Waals surface area contributed by atoms with E-state index in [2.05, 4.69) is 4.33 Å². The average molecular weight is 324 g/mol. The summed E-state index contributed by atoms with van der Waals surface area (Å²) in [6.45, 7) is 3.87. The van der Waals surface area contributed by atoms with Crippen molar-refractivity contribution in [2.45, 2.75) is 37.2 Å². The van der Waals surface area contributed by atoms with Gasteiger partial charge in [0.05, 0.1) is 0 Å². The second-order valence-electron chi connectivity index (χ2n) is 5.92. The molecule has 2 N–H and O–H groups in total. The van der Waals surface area contributed by atoms with E-state index >= 15 is 0 Å². The summed E-state index contributed by atoms with van der Waals surface area (Å²) in [4.78, 5) is -0.437. The molecule has 0 aromatic heterocycles. The van der Waals surface area contributed by atoms with Gasteiger partial charge in [-0.2, -0.15) is 8.42 Å². The Bertz CT molecular complexity index is 854. The molecule has 6 nitrogen and oxygen atoms in total. The van der Waals surface area contributed by atoms with Crippen molar-refractivity contribution in [2.75, 3.05) is 0 Å². The van der Waals surface area contributed by atoms with Gasteiger partial charge in [-0.05, 0) is 26.7 Å². The Morgan fingerprint density at radius 2 is 1.86 bits per heavy atom. The van der Waals surface area contributed by atoms with Crippen LogP contribution < -0.4 is 4.74 Å². The van der Waals surface area contributed by atoms with Gasteiger partial charge in [0.1, 0.15) is 22.0 Å². The lowest BCUT2D eigenvalue weighted by Gasteiger charge is -2.34. The summed E-state index contributed by atoms with van der Waals surface area (Å²) in [6.07, 6.45) is 1.10. The molecule has 0 aliphatic carbocycles. The van der Waals surface area contributed by atoms with Gasteiger partial charge >= 0.3 is 10.1 Å². The summed E-state index contributed by atoms with van der Waals surface area (Å²) < 4.78 is 33.5. The van der Waals surface area contributed by atoms with Crippen LogP contribution in [0, 0.1) is 0 Å². The Hall–Kier alpha value is -1.83. The Morgan fingerprint density at radius 3 is 2.50 bits per heavy atom. The van der Waals surface area contributed by atoms with Crippen molar-refractivity contribution in [2.24, 2.45) is 0 Å². The SMILES string of the molecule is CC1(C)CCc2c(O)c(S(=O)(=O)OO)c3ccccc3c2O1. The molecule has 0 atom stereocenters. The third-order valence-electron chi connectivity index (χ3n) is 3.89. The van der Waals surface area contributed by atoms with Crippen LogP contribution in [0.5, 0.6) is 11.5 Å². The topological polar surface area (TPSA) is 93.1 Å². The van der Waals surface area contributed by atoms with Crippen LogP contribution in [0.4, 0.5) is 0 Å². The molecule has 2 aromatic carbocycles. The second kappa shape index (κ2) is 4.84. The molecule has 22 heavy (non-hydrogen) atoms. The Balaban J connectivity index is 2.44. The largest absolute Gasteiger partial charge is 0.506 e. The lowest BCUT2D eigenvalue weighted by Crippen LogP contribution is -2.32. The highest BCUT2D eigenvalue weighted by atomic mass is 32.2. The Kier molecular flexibility index (Phi) is 3.32. The van der Waals surface area contributed by atoms with E-state index in [0.717, 1.165) is 0 Å². The van der Waals surface area contributed by atoms with Crippen molar-refractivity contribution in [3.63, 3.8) is 0 Å². The van der Waals surface area contributed by atoms with Gasteiger partial charge in [-0.15, -0.1) is 4.33 Å². The van der Waals surface area contributed by atoms with Gasteiger partial charge in [0.25, 0.3) is 0 Å². The summed E-state index contributed by atoms with van der Waals surface area (Å²) in [7, 11) is -4.47. The summed E-state index contributed by atoms with van der Waals surface area (Å²) >= 11 is 0. The molecule has 0 spiro atoms. The molecule has 1 heterocycles. The Labute approximate surface area is 128 Å². The minimum absolute atomic E-state index is 0.241. The van der Waals surface area contributed by atoms with Crippen LogP contribution in [-0.2, 0) is 20.9 Å². The van der Waals surface area contributed by atoms with E-state index in [4.69, 9.17) is 9.99 Å². The molecule has 7 heteroatoms. The van der Waals surface area contributed by atoms with E-state index in [-0.39, 0.29) is 5.39 Å². The minimum Gasteiger partial charge on any atom is -0.506 e. The third kappa shape index (κ3) is 2.22. The van der Waals surface area contributed by atoms with Crippen LogP contribution in [0.15, 0.2) is 29.2 Å². The summed E-state index contributed by atoms with van der Waals surface area (Å²) in [5.74, 6) is 0.0412. The van der Waals surface area contributed by atoms with Crippen molar-refractivity contribution < 1.29 is 27.9 Å². The summed E-state index contributed by atoms with van der Waals surface area (Å²) in [5.41, 5.74) is 0.00412. The van der Waals surface area contributed by atoms with E-state index < -0.39 is 26.4 Å². The molecule has 0 amide bonds. The molecule has 2 aromatic rings.